The molecule has 2 aliphatic carbocycles. The molecule has 0 aromatic rings. The molecule has 6 heteroatoms. The molecule has 4 rings (SSSR count). The molecule has 0 aromatic carbocycles. The Bertz CT molecular complexity index is 584. The van der Waals surface area contributed by atoms with E-state index < -0.39 is 5.60 Å². The number of ketones is 1. The number of ether oxygens (including phenoxy) is 2. The van der Waals surface area contributed by atoms with Gasteiger partial charge in [0.1, 0.15) is 13.2 Å². The van der Waals surface area contributed by atoms with E-state index >= 15 is 0 Å². The van der Waals surface area contributed by atoms with E-state index in [1.54, 1.807) is 0 Å². The van der Waals surface area contributed by atoms with E-state index in [9.17, 15) is 9.59 Å². The van der Waals surface area contributed by atoms with Crippen LogP contribution in [0, 0.1) is 11.8 Å². The lowest BCUT2D eigenvalue weighted by Gasteiger charge is -2.29. The second-order valence-electron chi connectivity index (χ2n) is 9.90. The third-order valence-corrected chi connectivity index (χ3v) is 10.5. The standard InChI is InChI=1S/C21H32O4S2/c1-19(2,12-24-18(23)14-6-8-21(4)17(10-14)27-21)25-11-15(22)13-5-7-20(3)16(9-13)26-20/h13-14,16-17H,5-12H2,1-4H3. The number of hydrogen-bond acceptors (Lipinski definition) is 6. The summed E-state index contributed by atoms with van der Waals surface area (Å²) in [5.41, 5.74) is -0.625. The Labute approximate surface area is 171 Å². The minimum absolute atomic E-state index is 0.0306. The average Bonchev–Trinajstić information content (AvgIpc) is 3.49. The molecule has 2 heterocycles. The normalized spacial score (nSPS) is 42.7. The highest BCUT2D eigenvalue weighted by molar-refractivity contribution is 8.08. The van der Waals surface area contributed by atoms with Gasteiger partial charge in [-0.25, -0.2) is 0 Å². The molecule has 2 aliphatic heterocycles. The molecule has 0 amide bonds. The summed E-state index contributed by atoms with van der Waals surface area (Å²) in [7, 11) is 0. The molecule has 27 heavy (non-hydrogen) atoms. The van der Waals surface area contributed by atoms with Crippen LogP contribution in [0.2, 0.25) is 0 Å². The van der Waals surface area contributed by atoms with E-state index in [1.165, 1.54) is 0 Å². The van der Waals surface area contributed by atoms with Crippen LogP contribution >= 0.6 is 23.5 Å². The zero-order valence-corrected chi connectivity index (χ0v) is 18.5. The summed E-state index contributed by atoms with van der Waals surface area (Å²) >= 11 is 4.02. The van der Waals surface area contributed by atoms with Crippen LogP contribution in [0.25, 0.3) is 0 Å². The summed E-state index contributed by atoms with van der Waals surface area (Å²) < 4.78 is 12.3. The largest absolute Gasteiger partial charge is 0.462 e. The molecule has 6 atom stereocenters. The summed E-state index contributed by atoms with van der Waals surface area (Å²) in [5.74, 6) is 0.290. The number of carbonyl (C=O) groups is 2. The van der Waals surface area contributed by atoms with Crippen molar-refractivity contribution in [1.29, 1.82) is 0 Å². The van der Waals surface area contributed by atoms with Crippen LogP contribution in [0.3, 0.4) is 0 Å². The number of hydrogen-bond donors (Lipinski definition) is 0. The maximum Gasteiger partial charge on any atom is 0.309 e. The van der Waals surface area contributed by atoms with Gasteiger partial charge in [-0.15, -0.1) is 23.5 Å². The van der Waals surface area contributed by atoms with E-state index in [1.807, 2.05) is 37.4 Å². The van der Waals surface area contributed by atoms with Gasteiger partial charge in [-0.1, -0.05) is 0 Å². The van der Waals surface area contributed by atoms with Gasteiger partial charge in [0, 0.05) is 25.9 Å². The summed E-state index contributed by atoms with van der Waals surface area (Å²) in [4.78, 5) is 24.9. The van der Waals surface area contributed by atoms with Gasteiger partial charge in [-0.05, 0) is 66.2 Å². The summed E-state index contributed by atoms with van der Waals surface area (Å²) in [5, 5.41) is 1.30. The average molecular weight is 413 g/mol. The van der Waals surface area contributed by atoms with Crippen molar-refractivity contribution in [3.8, 4) is 0 Å². The third-order valence-electron chi connectivity index (χ3n) is 7.00. The van der Waals surface area contributed by atoms with Gasteiger partial charge in [0.05, 0.1) is 11.5 Å². The van der Waals surface area contributed by atoms with E-state index in [-0.39, 0.29) is 36.8 Å². The summed E-state index contributed by atoms with van der Waals surface area (Å²) in [6, 6.07) is 0. The van der Waals surface area contributed by atoms with Crippen molar-refractivity contribution in [2.45, 2.75) is 91.8 Å². The van der Waals surface area contributed by atoms with Crippen molar-refractivity contribution in [3.05, 3.63) is 0 Å². The summed E-state index contributed by atoms with van der Waals surface area (Å²) in [6.45, 7) is 8.75. The number of fused-ring (bicyclic) bond motifs is 2. The molecule has 4 nitrogen and oxygen atoms in total. The second kappa shape index (κ2) is 6.94. The zero-order valence-electron chi connectivity index (χ0n) is 16.9. The first-order valence-electron chi connectivity index (χ1n) is 10.3. The molecule has 0 bridgehead atoms. The Morgan fingerprint density at radius 1 is 1.00 bits per heavy atom. The highest BCUT2D eigenvalue weighted by Crippen LogP contribution is 2.63. The van der Waals surface area contributed by atoms with E-state index in [2.05, 4.69) is 13.8 Å². The maximum absolute atomic E-state index is 12.5. The van der Waals surface area contributed by atoms with Crippen LogP contribution in [-0.2, 0) is 19.1 Å². The highest BCUT2D eigenvalue weighted by Gasteiger charge is 2.56. The van der Waals surface area contributed by atoms with Crippen molar-refractivity contribution in [1.82, 2.24) is 0 Å². The fourth-order valence-corrected chi connectivity index (χ4v) is 7.31. The molecule has 4 fully saturated rings. The van der Waals surface area contributed by atoms with Gasteiger partial charge in [-0.2, -0.15) is 0 Å². The SMILES string of the molecule is CC(C)(COC(=O)C1CCC2(C)SC2C1)OCC(=O)C1CCC2(C)SC2C1. The van der Waals surface area contributed by atoms with Crippen LogP contribution < -0.4 is 0 Å². The monoisotopic (exact) mass is 412 g/mol. The lowest BCUT2D eigenvalue weighted by molar-refractivity contribution is -0.160. The van der Waals surface area contributed by atoms with Crippen LogP contribution in [0.4, 0.5) is 0 Å². The fourth-order valence-electron chi connectivity index (χ4n) is 4.59. The Hall–Kier alpha value is -0.200. The molecule has 0 spiro atoms. The van der Waals surface area contributed by atoms with Crippen LogP contribution in [0.15, 0.2) is 0 Å². The fraction of sp³-hybridized carbons (Fsp3) is 0.905. The quantitative estimate of drug-likeness (QED) is 0.460. The molecular formula is C21H32O4S2. The van der Waals surface area contributed by atoms with Crippen molar-refractivity contribution in [2.75, 3.05) is 13.2 Å². The number of thioether (sulfide) groups is 2. The van der Waals surface area contributed by atoms with Crippen molar-refractivity contribution >= 4 is 35.3 Å². The molecule has 0 radical (unpaired) electrons. The smallest absolute Gasteiger partial charge is 0.309 e. The molecule has 152 valence electrons. The molecule has 2 saturated heterocycles. The van der Waals surface area contributed by atoms with Gasteiger partial charge in [0.15, 0.2) is 5.78 Å². The predicted molar refractivity (Wildman–Crippen MR) is 110 cm³/mol. The highest BCUT2D eigenvalue weighted by atomic mass is 32.2. The Balaban J connectivity index is 1.17. The van der Waals surface area contributed by atoms with Gasteiger partial charge in [0.2, 0.25) is 0 Å². The molecule has 2 saturated carbocycles. The van der Waals surface area contributed by atoms with E-state index in [0.29, 0.717) is 20.0 Å². The van der Waals surface area contributed by atoms with Crippen LogP contribution in [0.1, 0.15) is 66.2 Å². The first-order valence-corrected chi connectivity index (χ1v) is 12.1. The minimum atomic E-state index is -0.625. The Kier molecular flexibility index (Phi) is 5.17. The van der Waals surface area contributed by atoms with E-state index in [4.69, 9.17) is 9.47 Å². The van der Waals surface area contributed by atoms with Gasteiger partial charge >= 0.3 is 5.97 Å². The maximum atomic E-state index is 12.5. The van der Waals surface area contributed by atoms with Gasteiger partial charge < -0.3 is 9.47 Å². The lowest BCUT2D eigenvalue weighted by atomic mass is 9.81. The van der Waals surface area contributed by atoms with Crippen LogP contribution in [0.5, 0.6) is 0 Å². The van der Waals surface area contributed by atoms with Gasteiger partial charge in [-0.3, -0.25) is 9.59 Å². The van der Waals surface area contributed by atoms with E-state index in [0.717, 1.165) is 38.5 Å². The number of Topliss-reactive ketones (excluding diaryl/α,β-unsaturated/α-hetero) is 1. The molecule has 0 N–H and O–H groups in total. The molecule has 6 unspecified atom stereocenters. The molecule has 4 aliphatic rings. The predicted octanol–water partition coefficient (Wildman–Crippen LogP) is 4.24. The topological polar surface area (TPSA) is 52.6 Å². The second-order valence-corrected chi connectivity index (χ2v) is 13.4. The van der Waals surface area contributed by atoms with Crippen molar-refractivity contribution in [3.63, 3.8) is 0 Å². The third kappa shape index (κ3) is 4.37. The first-order chi connectivity index (χ1) is 12.6. The Morgan fingerprint density at radius 2 is 1.56 bits per heavy atom. The Morgan fingerprint density at radius 3 is 2.15 bits per heavy atom. The minimum Gasteiger partial charge on any atom is -0.462 e. The van der Waals surface area contributed by atoms with Crippen molar-refractivity contribution in [2.24, 2.45) is 11.8 Å². The lowest BCUT2D eigenvalue weighted by Crippen LogP contribution is -2.37. The first kappa shape index (κ1) is 20.1. The number of esters is 1. The van der Waals surface area contributed by atoms with Gasteiger partial charge in [0.25, 0.3) is 0 Å². The van der Waals surface area contributed by atoms with Crippen molar-refractivity contribution < 1.29 is 19.1 Å². The van der Waals surface area contributed by atoms with Crippen LogP contribution in [-0.4, -0.2) is 50.6 Å². The zero-order chi connectivity index (χ0) is 19.4. The molecular weight excluding hydrogens is 380 g/mol. The number of carbonyl (C=O) groups excluding carboxylic acids is 2. The molecule has 0 aromatic heterocycles. The summed E-state index contributed by atoms with van der Waals surface area (Å²) in [6.07, 6.45) is 6.10. The number of rotatable bonds is 7.